The Hall–Kier alpha value is -1.85. The normalized spacial score (nSPS) is 12.4. The average Bonchev–Trinajstić information content (AvgIpc) is 2.40. The highest BCUT2D eigenvalue weighted by molar-refractivity contribution is 5.22. The van der Waals surface area contributed by atoms with Crippen LogP contribution in [0.4, 0.5) is 8.78 Å². The zero-order valence-corrected chi connectivity index (χ0v) is 11.1. The number of pyridine rings is 1. The standard InChI is InChI=1S/C15H16F2N2O/c1-10-4-5-18-7-11(10)8-19-9-15(20)13-3-2-12(16)6-14(13)17/h2-7,15,19-20H,8-9H2,1H3. The van der Waals surface area contributed by atoms with Crippen molar-refractivity contribution in [3.05, 3.63) is 65.0 Å². The van der Waals surface area contributed by atoms with Gasteiger partial charge in [0.05, 0.1) is 6.10 Å². The van der Waals surface area contributed by atoms with E-state index >= 15 is 0 Å². The Morgan fingerprint density at radius 1 is 1.30 bits per heavy atom. The molecule has 1 aromatic heterocycles. The molecule has 2 N–H and O–H groups in total. The minimum atomic E-state index is -1.02. The summed E-state index contributed by atoms with van der Waals surface area (Å²) >= 11 is 0. The van der Waals surface area contributed by atoms with Gasteiger partial charge in [0, 0.05) is 37.1 Å². The van der Waals surface area contributed by atoms with Crippen molar-refractivity contribution in [3.63, 3.8) is 0 Å². The number of aryl methyl sites for hydroxylation is 1. The maximum absolute atomic E-state index is 13.5. The van der Waals surface area contributed by atoms with E-state index in [1.54, 1.807) is 12.4 Å². The van der Waals surface area contributed by atoms with Crippen molar-refractivity contribution in [3.8, 4) is 0 Å². The predicted molar refractivity (Wildman–Crippen MR) is 72.0 cm³/mol. The molecule has 1 unspecified atom stereocenters. The highest BCUT2D eigenvalue weighted by atomic mass is 19.1. The van der Waals surface area contributed by atoms with Gasteiger partial charge in [0.15, 0.2) is 0 Å². The van der Waals surface area contributed by atoms with Gasteiger partial charge >= 0.3 is 0 Å². The molecule has 1 atom stereocenters. The van der Waals surface area contributed by atoms with Crippen LogP contribution in [0.3, 0.4) is 0 Å². The van der Waals surface area contributed by atoms with Crippen LogP contribution in [0, 0.1) is 18.6 Å². The van der Waals surface area contributed by atoms with Gasteiger partial charge in [0.2, 0.25) is 0 Å². The molecule has 0 saturated carbocycles. The van der Waals surface area contributed by atoms with E-state index in [0.717, 1.165) is 23.3 Å². The zero-order chi connectivity index (χ0) is 14.5. The Morgan fingerprint density at radius 2 is 2.10 bits per heavy atom. The van der Waals surface area contributed by atoms with E-state index in [1.807, 2.05) is 13.0 Å². The second-order valence-corrected chi connectivity index (χ2v) is 4.61. The predicted octanol–water partition coefficient (Wildman–Crippen LogP) is 2.49. The van der Waals surface area contributed by atoms with E-state index in [0.29, 0.717) is 6.54 Å². The van der Waals surface area contributed by atoms with E-state index in [4.69, 9.17) is 0 Å². The van der Waals surface area contributed by atoms with Gasteiger partial charge in [-0.15, -0.1) is 0 Å². The van der Waals surface area contributed by atoms with Crippen molar-refractivity contribution in [2.24, 2.45) is 0 Å². The van der Waals surface area contributed by atoms with Crippen LogP contribution < -0.4 is 5.32 Å². The Balaban J connectivity index is 1.92. The molecule has 0 radical (unpaired) electrons. The molecule has 0 aliphatic heterocycles. The van der Waals surface area contributed by atoms with E-state index < -0.39 is 17.7 Å². The third-order valence-corrected chi connectivity index (χ3v) is 3.12. The summed E-state index contributed by atoms with van der Waals surface area (Å²) in [6.07, 6.45) is 2.43. The van der Waals surface area contributed by atoms with E-state index in [1.165, 1.54) is 6.07 Å². The summed E-state index contributed by atoms with van der Waals surface area (Å²) in [5.74, 6) is -1.39. The summed E-state index contributed by atoms with van der Waals surface area (Å²) in [7, 11) is 0. The molecule has 20 heavy (non-hydrogen) atoms. The molecule has 0 bridgehead atoms. The van der Waals surface area contributed by atoms with Crippen molar-refractivity contribution in [1.82, 2.24) is 10.3 Å². The second kappa shape index (κ2) is 6.54. The summed E-state index contributed by atoms with van der Waals surface area (Å²) in [6, 6.07) is 5.05. The summed E-state index contributed by atoms with van der Waals surface area (Å²) in [5, 5.41) is 12.9. The first-order valence-corrected chi connectivity index (χ1v) is 6.31. The monoisotopic (exact) mass is 278 g/mol. The number of aliphatic hydroxyl groups excluding tert-OH is 1. The first-order valence-electron chi connectivity index (χ1n) is 6.31. The van der Waals surface area contributed by atoms with Crippen LogP contribution in [-0.4, -0.2) is 16.6 Å². The molecule has 0 fully saturated rings. The molecule has 0 saturated heterocycles. The number of nitrogens with zero attached hydrogens (tertiary/aromatic N) is 1. The van der Waals surface area contributed by atoms with E-state index in [-0.39, 0.29) is 12.1 Å². The van der Waals surface area contributed by atoms with Crippen molar-refractivity contribution in [2.75, 3.05) is 6.54 Å². The molecule has 106 valence electrons. The smallest absolute Gasteiger partial charge is 0.131 e. The molecule has 0 aliphatic rings. The maximum Gasteiger partial charge on any atom is 0.131 e. The fraction of sp³-hybridized carbons (Fsp3) is 0.267. The first kappa shape index (κ1) is 14.6. The van der Waals surface area contributed by atoms with Gasteiger partial charge in [-0.2, -0.15) is 0 Å². The summed E-state index contributed by atoms with van der Waals surface area (Å²) < 4.78 is 26.3. The van der Waals surface area contributed by atoms with Crippen LogP contribution in [0.15, 0.2) is 36.7 Å². The molecule has 0 aliphatic carbocycles. The number of rotatable bonds is 5. The molecular weight excluding hydrogens is 262 g/mol. The van der Waals surface area contributed by atoms with E-state index in [2.05, 4.69) is 10.3 Å². The molecule has 2 rings (SSSR count). The molecule has 5 heteroatoms. The fourth-order valence-electron chi connectivity index (χ4n) is 1.91. The van der Waals surface area contributed by atoms with Crippen molar-refractivity contribution < 1.29 is 13.9 Å². The topological polar surface area (TPSA) is 45.2 Å². The molecule has 1 heterocycles. The quantitative estimate of drug-likeness (QED) is 0.883. The summed E-state index contributed by atoms with van der Waals surface area (Å²) in [6.45, 7) is 2.67. The Bertz CT molecular complexity index is 590. The summed E-state index contributed by atoms with van der Waals surface area (Å²) in [4.78, 5) is 4.02. The largest absolute Gasteiger partial charge is 0.387 e. The lowest BCUT2D eigenvalue weighted by atomic mass is 10.1. The number of halogens is 2. The van der Waals surface area contributed by atoms with Gasteiger partial charge in [-0.1, -0.05) is 6.07 Å². The third kappa shape index (κ3) is 3.59. The van der Waals surface area contributed by atoms with Crippen molar-refractivity contribution in [1.29, 1.82) is 0 Å². The van der Waals surface area contributed by atoms with Crippen LogP contribution in [0.1, 0.15) is 22.8 Å². The fourth-order valence-corrected chi connectivity index (χ4v) is 1.91. The zero-order valence-electron chi connectivity index (χ0n) is 11.1. The highest BCUT2D eigenvalue weighted by Crippen LogP contribution is 2.17. The van der Waals surface area contributed by atoms with Crippen LogP contribution in [0.25, 0.3) is 0 Å². The maximum atomic E-state index is 13.5. The minimum absolute atomic E-state index is 0.0850. The van der Waals surface area contributed by atoms with Crippen LogP contribution in [-0.2, 0) is 6.54 Å². The molecular formula is C15H16F2N2O. The lowest BCUT2D eigenvalue weighted by molar-refractivity contribution is 0.169. The number of aliphatic hydroxyl groups is 1. The number of aromatic nitrogens is 1. The third-order valence-electron chi connectivity index (χ3n) is 3.12. The summed E-state index contributed by atoms with van der Waals surface area (Å²) in [5.41, 5.74) is 2.19. The van der Waals surface area contributed by atoms with Gasteiger partial charge in [-0.3, -0.25) is 4.98 Å². The first-order chi connectivity index (χ1) is 9.58. The van der Waals surface area contributed by atoms with Crippen molar-refractivity contribution >= 4 is 0 Å². The molecule has 2 aromatic rings. The van der Waals surface area contributed by atoms with Crippen molar-refractivity contribution in [2.45, 2.75) is 19.6 Å². The average molecular weight is 278 g/mol. The molecule has 1 aromatic carbocycles. The van der Waals surface area contributed by atoms with Gasteiger partial charge in [0.25, 0.3) is 0 Å². The second-order valence-electron chi connectivity index (χ2n) is 4.61. The van der Waals surface area contributed by atoms with Crippen LogP contribution in [0.5, 0.6) is 0 Å². The van der Waals surface area contributed by atoms with Gasteiger partial charge < -0.3 is 10.4 Å². The Labute approximate surface area is 116 Å². The SMILES string of the molecule is Cc1ccncc1CNCC(O)c1ccc(F)cc1F. The number of benzene rings is 1. The number of hydrogen-bond acceptors (Lipinski definition) is 3. The van der Waals surface area contributed by atoms with Crippen LogP contribution in [0.2, 0.25) is 0 Å². The Morgan fingerprint density at radius 3 is 2.80 bits per heavy atom. The molecule has 0 spiro atoms. The van der Waals surface area contributed by atoms with Gasteiger partial charge in [-0.25, -0.2) is 8.78 Å². The lowest BCUT2D eigenvalue weighted by Crippen LogP contribution is -2.22. The highest BCUT2D eigenvalue weighted by Gasteiger charge is 2.13. The van der Waals surface area contributed by atoms with E-state index in [9.17, 15) is 13.9 Å². The van der Waals surface area contributed by atoms with Gasteiger partial charge in [0.1, 0.15) is 11.6 Å². The Kier molecular flexibility index (Phi) is 4.76. The van der Waals surface area contributed by atoms with Crippen LogP contribution >= 0.6 is 0 Å². The minimum Gasteiger partial charge on any atom is -0.387 e. The molecule has 3 nitrogen and oxygen atoms in total. The lowest BCUT2D eigenvalue weighted by Gasteiger charge is -2.13. The number of nitrogens with one attached hydrogen (secondary N) is 1. The molecule has 0 amide bonds. The number of hydrogen-bond donors (Lipinski definition) is 2. The van der Waals surface area contributed by atoms with Gasteiger partial charge in [-0.05, 0) is 30.2 Å².